The van der Waals surface area contributed by atoms with Crippen molar-refractivity contribution in [2.75, 3.05) is 17.3 Å². The van der Waals surface area contributed by atoms with Crippen LogP contribution in [0.5, 0.6) is 5.75 Å². The molecule has 39 heavy (non-hydrogen) atoms. The van der Waals surface area contributed by atoms with Gasteiger partial charge in [0.15, 0.2) is 5.11 Å². The van der Waals surface area contributed by atoms with Gasteiger partial charge >= 0.3 is 0 Å². The third-order valence-corrected chi connectivity index (χ3v) is 7.38. The number of hydrogen-bond donors (Lipinski definition) is 2. The number of carbonyl (C=O) groups excluding carboxylic acids is 1. The molecule has 0 saturated carbocycles. The highest BCUT2D eigenvalue weighted by molar-refractivity contribution is 9.10. The first kappa shape index (κ1) is 26.9. The van der Waals surface area contributed by atoms with Crippen LogP contribution in [-0.2, 0) is 4.79 Å². The smallest absolute Gasteiger partial charge is 0.229 e. The van der Waals surface area contributed by atoms with Gasteiger partial charge in [-0.1, -0.05) is 54.9 Å². The highest BCUT2D eigenvalue weighted by atomic mass is 79.9. The molecule has 1 amide bonds. The molecular weight excluding hydrogens is 576 g/mol. The molecule has 4 aromatic rings. The van der Waals surface area contributed by atoms with Crippen molar-refractivity contribution in [1.82, 2.24) is 10.3 Å². The van der Waals surface area contributed by atoms with Crippen LogP contribution in [0.2, 0.25) is 0 Å². The fraction of sp³-hybridized carbons (Fsp3) is 0.233. The van der Waals surface area contributed by atoms with Crippen LogP contribution in [0.4, 0.5) is 11.4 Å². The van der Waals surface area contributed by atoms with Crippen LogP contribution in [-0.4, -0.2) is 23.1 Å². The lowest BCUT2D eigenvalue weighted by atomic mass is 9.95. The number of benzene rings is 2. The summed E-state index contributed by atoms with van der Waals surface area (Å²) in [7, 11) is 1.58. The quantitative estimate of drug-likeness (QED) is 0.224. The predicted molar refractivity (Wildman–Crippen MR) is 161 cm³/mol. The van der Waals surface area contributed by atoms with Gasteiger partial charge < -0.3 is 24.7 Å². The third-order valence-electron chi connectivity index (χ3n) is 6.54. The molecule has 0 aliphatic carbocycles. The summed E-state index contributed by atoms with van der Waals surface area (Å²) >= 11 is 9.34. The Bertz CT molecular complexity index is 1500. The van der Waals surface area contributed by atoms with Crippen molar-refractivity contribution in [2.24, 2.45) is 5.41 Å². The second kappa shape index (κ2) is 10.8. The molecule has 0 spiro atoms. The first-order valence-corrected chi connectivity index (χ1v) is 13.7. The van der Waals surface area contributed by atoms with Gasteiger partial charge in [0.25, 0.3) is 0 Å². The number of nitrogens with one attached hydrogen (secondary N) is 2. The zero-order chi connectivity index (χ0) is 27.7. The number of hydrogen-bond acceptors (Lipinski definition) is 5. The van der Waals surface area contributed by atoms with Gasteiger partial charge in [0.05, 0.1) is 24.5 Å². The number of rotatable bonds is 6. The fourth-order valence-electron chi connectivity index (χ4n) is 4.45. The number of furan rings is 1. The van der Waals surface area contributed by atoms with E-state index in [0.29, 0.717) is 16.5 Å². The van der Waals surface area contributed by atoms with E-state index in [1.807, 2.05) is 98.5 Å². The van der Waals surface area contributed by atoms with Crippen LogP contribution < -0.4 is 20.3 Å². The molecule has 2 atom stereocenters. The summed E-state index contributed by atoms with van der Waals surface area (Å²) in [6.45, 7) is 5.60. The molecule has 0 unspecified atom stereocenters. The molecule has 1 aliphatic rings. The van der Waals surface area contributed by atoms with Crippen molar-refractivity contribution < 1.29 is 13.9 Å². The molecular formula is C30H29BrN4O3S. The summed E-state index contributed by atoms with van der Waals surface area (Å²) in [4.78, 5) is 19.3. The molecule has 1 fully saturated rings. The predicted octanol–water partition coefficient (Wildman–Crippen LogP) is 7.27. The summed E-state index contributed by atoms with van der Waals surface area (Å²) in [6.07, 6.45) is 1.77. The van der Waals surface area contributed by atoms with E-state index >= 15 is 0 Å². The number of carbonyl (C=O) groups is 1. The molecule has 2 aromatic carbocycles. The van der Waals surface area contributed by atoms with E-state index in [4.69, 9.17) is 21.4 Å². The maximum atomic E-state index is 12.6. The van der Waals surface area contributed by atoms with Crippen molar-refractivity contribution in [2.45, 2.75) is 32.9 Å². The normalized spacial score (nSPS) is 17.2. The van der Waals surface area contributed by atoms with Crippen molar-refractivity contribution in [3.63, 3.8) is 0 Å². The van der Waals surface area contributed by atoms with E-state index in [9.17, 15) is 4.79 Å². The van der Waals surface area contributed by atoms with E-state index in [1.54, 1.807) is 13.3 Å². The number of anilines is 2. The van der Waals surface area contributed by atoms with Crippen LogP contribution in [0.1, 0.15) is 44.3 Å². The highest BCUT2D eigenvalue weighted by Crippen LogP contribution is 2.44. The van der Waals surface area contributed by atoms with Gasteiger partial charge in [-0.3, -0.25) is 9.78 Å². The standard InChI is InChI=1S/C30H29BrN4O3S/c1-30(2,3)28(36)33-21-13-12-20(17-25(21)37-4)35-27(26(34-29(35)39)22-7-5-6-16-32-22)24-15-14-23(38-24)18-8-10-19(31)11-9-18/h5-17,26-27H,1-4H3,(H,33,36)(H,34,39)/t26-,27-/m1/s1. The minimum absolute atomic E-state index is 0.101. The van der Waals surface area contributed by atoms with Gasteiger partial charge in [0.1, 0.15) is 23.3 Å². The van der Waals surface area contributed by atoms with Crippen LogP contribution in [0.25, 0.3) is 11.3 Å². The van der Waals surface area contributed by atoms with E-state index in [-0.39, 0.29) is 18.0 Å². The number of halogens is 1. The molecule has 200 valence electrons. The van der Waals surface area contributed by atoms with Crippen LogP contribution in [0.3, 0.4) is 0 Å². The number of nitrogens with zero attached hydrogens (tertiary/aromatic N) is 2. The van der Waals surface area contributed by atoms with Gasteiger partial charge in [0, 0.05) is 33.4 Å². The topological polar surface area (TPSA) is 79.6 Å². The fourth-order valence-corrected chi connectivity index (χ4v) is 5.06. The molecule has 0 bridgehead atoms. The first-order chi connectivity index (χ1) is 18.7. The van der Waals surface area contributed by atoms with Crippen molar-refractivity contribution in [1.29, 1.82) is 0 Å². The lowest BCUT2D eigenvalue weighted by molar-refractivity contribution is -0.123. The molecule has 3 heterocycles. The molecule has 1 aliphatic heterocycles. The molecule has 0 radical (unpaired) electrons. The summed E-state index contributed by atoms with van der Waals surface area (Å²) in [5.74, 6) is 1.92. The molecule has 5 rings (SSSR count). The molecule has 1 saturated heterocycles. The minimum atomic E-state index is -0.545. The van der Waals surface area contributed by atoms with E-state index < -0.39 is 5.41 Å². The Labute approximate surface area is 241 Å². The molecule has 7 nitrogen and oxygen atoms in total. The summed E-state index contributed by atoms with van der Waals surface area (Å²) in [5.41, 5.74) is 2.65. The Morgan fingerprint density at radius 3 is 2.54 bits per heavy atom. The SMILES string of the molecule is COc1cc(N2C(=S)N[C@H](c3ccccn3)[C@H]2c2ccc(-c3ccc(Br)cc3)o2)ccc1NC(=O)C(C)(C)C. The average Bonchev–Trinajstić information content (AvgIpc) is 3.54. The zero-order valence-corrected chi connectivity index (χ0v) is 24.5. The van der Waals surface area contributed by atoms with E-state index in [2.05, 4.69) is 31.5 Å². The summed E-state index contributed by atoms with van der Waals surface area (Å²) < 4.78 is 13.1. The highest BCUT2D eigenvalue weighted by Gasteiger charge is 2.43. The van der Waals surface area contributed by atoms with E-state index in [1.165, 1.54) is 0 Å². The van der Waals surface area contributed by atoms with Crippen LogP contribution in [0, 0.1) is 5.41 Å². The number of methoxy groups -OCH3 is 1. The second-order valence-corrected chi connectivity index (χ2v) is 11.6. The molecule has 9 heteroatoms. The maximum Gasteiger partial charge on any atom is 0.229 e. The second-order valence-electron chi connectivity index (χ2n) is 10.3. The maximum absolute atomic E-state index is 12.6. The Morgan fingerprint density at radius 2 is 1.87 bits per heavy atom. The van der Waals surface area contributed by atoms with Crippen LogP contribution >= 0.6 is 28.1 Å². The van der Waals surface area contributed by atoms with Gasteiger partial charge in [-0.2, -0.15) is 0 Å². The van der Waals surface area contributed by atoms with Crippen molar-refractivity contribution in [3.05, 3.63) is 94.9 Å². The third kappa shape index (κ3) is 5.55. The van der Waals surface area contributed by atoms with Crippen molar-refractivity contribution in [3.8, 4) is 17.1 Å². The minimum Gasteiger partial charge on any atom is -0.494 e. The zero-order valence-electron chi connectivity index (χ0n) is 22.1. The number of thiocarbonyl (C=S) groups is 1. The Kier molecular flexibility index (Phi) is 7.46. The Balaban J connectivity index is 1.55. The summed E-state index contributed by atoms with van der Waals surface area (Å²) in [6, 6.07) is 22.8. The monoisotopic (exact) mass is 604 g/mol. The lowest BCUT2D eigenvalue weighted by Gasteiger charge is -2.27. The van der Waals surface area contributed by atoms with E-state index in [0.717, 1.165) is 32.9 Å². The van der Waals surface area contributed by atoms with Gasteiger partial charge in [0.2, 0.25) is 5.91 Å². The summed E-state index contributed by atoms with van der Waals surface area (Å²) in [5, 5.41) is 6.95. The average molecular weight is 606 g/mol. The Morgan fingerprint density at radius 1 is 1.10 bits per heavy atom. The molecule has 2 aromatic heterocycles. The number of ether oxygens (including phenoxy) is 1. The van der Waals surface area contributed by atoms with Gasteiger partial charge in [-0.25, -0.2) is 0 Å². The van der Waals surface area contributed by atoms with Crippen LogP contribution in [0.15, 0.2) is 87.9 Å². The molecule has 2 N–H and O–H groups in total. The van der Waals surface area contributed by atoms with Gasteiger partial charge in [-0.15, -0.1) is 0 Å². The Hall–Kier alpha value is -3.69. The number of pyridine rings is 1. The largest absolute Gasteiger partial charge is 0.494 e. The van der Waals surface area contributed by atoms with Crippen molar-refractivity contribution >= 4 is 50.5 Å². The van der Waals surface area contributed by atoms with Gasteiger partial charge in [-0.05, 0) is 60.7 Å². The lowest BCUT2D eigenvalue weighted by Crippen LogP contribution is -2.30. The number of amides is 1. The number of aromatic nitrogens is 1. The first-order valence-electron chi connectivity index (χ1n) is 12.5.